The Morgan fingerprint density at radius 1 is 1.40 bits per heavy atom. The van der Waals surface area contributed by atoms with Crippen molar-refractivity contribution in [3.8, 4) is 0 Å². The van der Waals surface area contributed by atoms with Crippen LogP contribution in [0.2, 0.25) is 5.02 Å². The SMILES string of the molecule is CN(Cc1ccccc1Cl)C1(CN)CCN2CCC1C2. The Balaban J connectivity index is 1.80. The third kappa shape index (κ3) is 2.37. The molecule has 1 aromatic carbocycles. The van der Waals surface area contributed by atoms with E-state index in [0.717, 1.165) is 18.1 Å². The summed E-state index contributed by atoms with van der Waals surface area (Å²) in [4.78, 5) is 5.03. The molecule has 110 valence electrons. The van der Waals surface area contributed by atoms with E-state index in [1.54, 1.807) is 0 Å². The molecular formula is C16H24ClN3. The quantitative estimate of drug-likeness (QED) is 0.924. The molecule has 3 rings (SSSR count). The second kappa shape index (κ2) is 5.64. The Kier molecular flexibility index (Phi) is 4.04. The van der Waals surface area contributed by atoms with E-state index in [0.29, 0.717) is 5.92 Å². The summed E-state index contributed by atoms with van der Waals surface area (Å²) >= 11 is 6.31. The fourth-order valence-corrected chi connectivity index (χ4v) is 4.19. The standard InChI is InChI=1S/C16H24ClN3/c1-19(10-13-4-2-3-5-15(13)17)16(12-18)7-9-20-8-6-14(16)11-20/h2-5,14H,6-12,18H2,1H3. The van der Waals surface area contributed by atoms with Crippen molar-refractivity contribution in [3.05, 3.63) is 34.9 Å². The third-order valence-corrected chi connectivity index (χ3v) is 5.74. The van der Waals surface area contributed by atoms with Gasteiger partial charge in [-0.25, -0.2) is 0 Å². The van der Waals surface area contributed by atoms with Crippen LogP contribution in [0, 0.1) is 5.92 Å². The highest BCUT2D eigenvalue weighted by Crippen LogP contribution is 2.39. The largest absolute Gasteiger partial charge is 0.329 e. The number of piperidine rings is 1. The molecule has 0 saturated carbocycles. The van der Waals surface area contributed by atoms with Crippen LogP contribution in [-0.2, 0) is 6.54 Å². The van der Waals surface area contributed by atoms with Crippen molar-refractivity contribution in [2.24, 2.45) is 11.7 Å². The van der Waals surface area contributed by atoms with Gasteiger partial charge >= 0.3 is 0 Å². The smallest absolute Gasteiger partial charge is 0.0451 e. The van der Waals surface area contributed by atoms with Crippen LogP contribution in [0.3, 0.4) is 0 Å². The second-order valence-electron chi connectivity index (χ2n) is 6.29. The average molecular weight is 294 g/mol. The monoisotopic (exact) mass is 293 g/mol. The molecule has 2 fully saturated rings. The molecule has 0 aliphatic carbocycles. The van der Waals surface area contributed by atoms with Crippen LogP contribution in [0.25, 0.3) is 0 Å². The zero-order valence-corrected chi connectivity index (χ0v) is 12.9. The minimum atomic E-state index is 0.145. The van der Waals surface area contributed by atoms with Gasteiger partial charge < -0.3 is 10.6 Å². The zero-order valence-electron chi connectivity index (χ0n) is 12.2. The number of nitrogens with two attached hydrogens (primary N) is 1. The fourth-order valence-electron chi connectivity index (χ4n) is 4.00. The van der Waals surface area contributed by atoms with Crippen molar-refractivity contribution in [1.29, 1.82) is 0 Å². The molecule has 2 bridgehead atoms. The summed E-state index contributed by atoms with van der Waals surface area (Å²) in [6.07, 6.45) is 2.46. The first-order chi connectivity index (χ1) is 9.65. The maximum Gasteiger partial charge on any atom is 0.0451 e. The van der Waals surface area contributed by atoms with E-state index in [2.05, 4.69) is 29.0 Å². The summed E-state index contributed by atoms with van der Waals surface area (Å²) in [5, 5.41) is 0.857. The lowest BCUT2D eigenvalue weighted by Gasteiger charge is -2.48. The molecule has 0 amide bonds. The van der Waals surface area contributed by atoms with Crippen LogP contribution in [-0.4, -0.2) is 48.6 Å². The topological polar surface area (TPSA) is 32.5 Å². The molecule has 1 aromatic rings. The number of hydrogen-bond donors (Lipinski definition) is 1. The molecular weight excluding hydrogens is 270 g/mol. The van der Waals surface area contributed by atoms with E-state index in [4.69, 9.17) is 17.3 Å². The Morgan fingerprint density at radius 3 is 2.95 bits per heavy atom. The Labute approximate surface area is 126 Å². The van der Waals surface area contributed by atoms with Gasteiger partial charge in [-0.15, -0.1) is 0 Å². The third-order valence-electron chi connectivity index (χ3n) is 5.37. The summed E-state index contributed by atoms with van der Waals surface area (Å²) in [6.45, 7) is 5.26. The lowest BCUT2D eigenvalue weighted by atomic mass is 9.77. The molecule has 3 nitrogen and oxygen atoms in total. The molecule has 3 atom stereocenters. The average Bonchev–Trinajstić information content (AvgIpc) is 2.86. The van der Waals surface area contributed by atoms with Crippen molar-refractivity contribution in [3.63, 3.8) is 0 Å². The molecule has 0 spiro atoms. The number of rotatable bonds is 4. The maximum atomic E-state index is 6.31. The Morgan fingerprint density at radius 2 is 2.20 bits per heavy atom. The minimum Gasteiger partial charge on any atom is -0.329 e. The fraction of sp³-hybridized carbons (Fsp3) is 0.625. The first-order valence-corrected chi connectivity index (χ1v) is 7.90. The van der Waals surface area contributed by atoms with Gasteiger partial charge in [0.1, 0.15) is 0 Å². The minimum absolute atomic E-state index is 0.145. The number of nitrogens with zero attached hydrogens (tertiary/aromatic N) is 2. The number of halogens is 1. The highest BCUT2D eigenvalue weighted by molar-refractivity contribution is 6.31. The summed E-state index contributed by atoms with van der Waals surface area (Å²) in [5.41, 5.74) is 7.57. The predicted octanol–water partition coefficient (Wildman–Crippen LogP) is 2.19. The van der Waals surface area contributed by atoms with Crippen LogP contribution in [0.1, 0.15) is 18.4 Å². The van der Waals surface area contributed by atoms with Crippen molar-refractivity contribution < 1.29 is 0 Å². The number of likely N-dealkylation sites (N-methyl/N-ethyl adjacent to an activating group) is 1. The van der Waals surface area contributed by atoms with E-state index < -0.39 is 0 Å². The molecule has 3 unspecified atom stereocenters. The number of fused-ring (bicyclic) bond motifs is 2. The van der Waals surface area contributed by atoms with E-state index in [9.17, 15) is 0 Å². The highest BCUT2D eigenvalue weighted by atomic mass is 35.5. The van der Waals surface area contributed by atoms with Gasteiger partial charge in [0.2, 0.25) is 0 Å². The lowest BCUT2D eigenvalue weighted by molar-refractivity contribution is 0.0212. The molecule has 2 aliphatic rings. The summed E-state index contributed by atoms with van der Waals surface area (Å²) in [7, 11) is 2.21. The first kappa shape index (κ1) is 14.3. The maximum absolute atomic E-state index is 6.31. The van der Waals surface area contributed by atoms with Crippen molar-refractivity contribution in [2.45, 2.75) is 24.9 Å². The van der Waals surface area contributed by atoms with Gasteiger partial charge in [0.05, 0.1) is 0 Å². The van der Waals surface area contributed by atoms with E-state index in [1.807, 2.05) is 12.1 Å². The van der Waals surface area contributed by atoms with Crippen LogP contribution < -0.4 is 5.73 Å². The number of benzene rings is 1. The van der Waals surface area contributed by atoms with Crippen molar-refractivity contribution in [1.82, 2.24) is 9.80 Å². The molecule has 2 N–H and O–H groups in total. The molecule has 0 aromatic heterocycles. The van der Waals surface area contributed by atoms with Gasteiger partial charge in [-0.3, -0.25) is 4.90 Å². The first-order valence-electron chi connectivity index (χ1n) is 7.53. The second-order valence-corrected chi connectivity index (χ2v) is 6.70. The molecule has 2 aliphatic heterocycles. The lowest BCUT2D eigenvalue weighted by Crippen LogP contribution is -2.60. The van der Waals surface area contributed by atoms with E-state index in [1.165, 1.54) is 38.0 Å². The van der Waals surface area contributed by atoms with Gasteiger partial charge in [-0.2, -0.15) is 0 Å². The number of hydrogen-bond acceptors (Lipinski definition) is 3. The molecule has 4 heteroatoms. The molecule has 20 heavy (non-hydrogen) atoms. The van der Waals surface area contributed by atoms with Crippen molar-refractivity contribution in [2.75, 3.05) is 33.2 Å². The molecule has 0 radical (unpaired) electrons. The van der Waals surface area contributed by atoms with Crippen LogP contribution >= 0.6 is 11.6 Å². The van der Waals surface area contributed by atoms with Crippen LogP contribution in [0.5, 0.6) is 0 Å². The molecule has 2 heterocycles. The molecule has 2 saturated heterocycles. The van der Waals surface area contributed by atoms with Crippen LogP contribution in [0.15, 0.2) is 24.3 Å². The Bertz CT molecular complexity index is 479. The summed E-state index contributed by atoms with van der Waals surface area (Å²) < 4.78 is 0. The van der Waals surface area contributed by atoms with Gasteiger partial charge in [0.15, 0.2) is 0 Å². The zero-order chi connectivity index (χ0) is 14.2. The van der Waals surface area contributed by atoms with E-state index in [-0.39, 0.29) is 5.54 Å². The van der Waals surface area contributed by atoms with Crippen LogP contribution in [0.4, 0.5) is 0 Å². The van der Waals surface area contributed by atoms with Crippen molar-refractivity contribution >= 4 is 11.6 Å². The van der Waals surface area contributed by atoms with Gasteiger partial charge in [-0.05, 0) is 50.5 Å². The normalized spacial score (nSPS) is 32.8. The van der Waals surface area contributed by atoms with E-state index >= 15 is 0 Å². The Hall–Kier alpha value is -0.610. The predicted molar refractivity (Wildman–Crippen MR) is 83.9 cm³/mol. The van der Waals surface area contributed by atoms with Gasteiger partial charge in [0, 0.05) is 30.2 Å². The summed E-state index contributed by atoms with van der Waals surface area (Å²) in [6, 6.07) is 8.13. The highest BCUT2D eigenvalue weighted by Gasteiger charge is 2.47. The summed E-state index contributed by atoms with van der Waals surface area (Å²) in [5.74, 6) is 0.703. The van der Waals surface area contributed by atoms with Gasteiger partial charge in [0.25, 0.3) is 0 Å². The van der Waals surface area contributed by atoms with Gasteiger partial charge in [-0.1, -0.05) is 29.8 Å².